The SMILES string of the molecule is CCCNC1(c2nc(CC)c(C)s2)CCC(C)(C)C1. The first-order chi connectivity index (χ1) is 8.92. The predicted octanol–water partition coefficient (Wildman–Crippen LogP) is 4.42. The van der Waals surface area contributed by atoms with Crippen LogP contribution >= 0.6 is 11.3 Å². The van der Waals surface area contributed by atoms with Crippen molar-refractivity contribution in [2.75, 3.05) is 6.54 Å². The topological polar surface area (TPSA) is 24.9 Å². The van der Waals surface area contributed by atoms with Crippen molar-refractivity contribution in [1.29, 1.82) is 0 Å². The van der Waals surface area contributed by atoms with E-state index >= 15 is 0 Å². The van der Waals surface area contributed by atoms with Gasteiger partial charge in [-0.25, -0.2) is 4.98 Å². The molecule has 1 aliphatic rings. The smallest absolute Gasteiger partial charge is 0.113 e. The van der Waals surface area contributed by atoms with Gasteiger partial charge in [-0.05, 0) is 51.0 Å². The molecule has 0 bridgehead atoms. The Morgan fingerprint density at radius 3 is 2.47 bits per heavy atom. The fraction of sp³-hybridized carbons (Fsp3) is 0.812. The Hall–Kier alpha value is -0.410. The second-order valence-corrected chi connectivity index (χ2v) is 7.93. The highest BCUT2D eigenvalue weighted by molar-refractivity contribution is 7.11. The zero-order valence-electron chi connectivity index (χ0n) is 13.1. The van der Waals surface area contributed by atoms with Gasteiger partial charge in [0.25, 0.3) is 0 Å². The van der Waals surface area contributed by atoms with Gasteiger partial charge in [0.15, 0.2) is 0 Å². The Bertz CT molecular complexity index is 436. The first-order valence-electron chi connectivity index (χ1n) is 7.64. The number of hydrogen-bond acceptors (Lipinski definition) is 3. The lowest BCUT2D eigenvalue weighted by Crippen LogP contribution is -2.41. The van der Waals surface area contributed by atoms with Gasteiger partial charge in [0.05, 0.1) is 11.2 Å². The Labute approximate surface area is 122 Å². The second kappa shape index (κ2) is 5.53. The summed E-state index contributed by atoms with van der Waals surface area (Å²) in [5.74, 6) is 0. The molecule has 0 aliphatic heterocycles. The number of rotatable bonds is 5. The van der Waals surface area contributed by atoms with Crippen LogP contribution < -0.4 is 5.32 Å². The molecule has 1 unspecified atom stereocenters. The summed E-state index contributed by atoms with van der Waals surface area (Å²) in [5.41, 5.74) is 1.87. The summed E-state index contributed by atoms with van der Waals surface area (Å²) in [6.07, 6.45) is 5.98. The van der Waals surface area contributed by atoms with Crippen LogP contribution in [0.1, 0.15) is 69.0 Å². The van der Waals surface area contributed by atoms with Crippen LogP contribution in [0.3, 0.4) is 0 Å². The monoisotopic (exact) mass is 280 g/mol. The number of aromatic nitrogens is 1. The van der Waals surface area contributed by atoms with Crippen molar-refractivity contribution in [2.45, 2.75) is 72.3 Å². The van der Waals surface area contributed by atoms with Crippen molar-refractivity contribution < 1.29 is 0 Å². The van der Waals surface area contributed by atoms with Crippen molar-refractivity contribution >= 4 is 11.3 Å². The lowest BCUT2D eigenvalue weighted by atomic mass is 9.88. The maximum atomic E-state index is 4.96. The number of aryl methyl sites for hydroxylation is 2. The van der Waals surface area contributed by atoms with Gasteiger partial charge in [0.1, 0.15) is 5.01 Å². The molecular formula is C16H28N2S. The summed E-state index contributed by atoms with van der Waals surface area (Å²) in [6.45, 7) is 12.5. The third-order valence-electron chi connectivity index (χ3n) is 4.36. The molecule has 0 radical (unpaired) electrons. The Kier molecular flexibility index (Phi) is 4.36. The van der Waals surface area contributed by atoms with Crippen LogP contribution in [0.25, 0.3) is 0 Å². The van der Waals surface area contributed by atoms with E-state index in [9.17, 15) is 0 Å². The van der Waals surface area contributed by atoms with Gasteiger partial charge in [-0.15, -0.1) is 11.3 Å². The molecule has 108 valence electrons. The van der Waals surface area contributed by atoms with Gasteiger partial charge >= 0.3 is 0 Å². The summed E-state index contributed by atoms with van der Waals surface area (Å²) in [5, 5.41) is 5.16. The van der Waals surface area contributed by atoms with E-state index in [1.54, 1.807) is 0 Å². The van der Waals surface area contributed by atoms with Crippen LogP contribution in [0.4, 0.5) is 0 Å². The molecule has 1 heterocycles. The highest BCUT2D eigenvalue weighted by Gasteiger charge is 2.46. The normalized spacial score (nSPS) is 25.9. The maximum Gasteiger partial charge on any atom is 0.113 e. The third kappa shape index (κ3) is 3.03. The maximum absolute atomic E-state index is 4.96. The van der Waals surface area contributed by atoms with Gasteiger partial charge in [-0.1, -0.05) is 27.7 Å². The molecule has 0 aromatic carbocycles. The molecule has 1 N–H and O–H groups in total. The summed E-state index contributed by atoms with van der Waals surface area (Å²) < 4.78 is 0. The highest BCUT2D eigenvalue weighted by Crippen LogP contribution is 2.50. The number of nitrogens with zero attached hydrogens (tertiary/aromatic N) is 1. The van der Waals surface area contributed by atoms with E-state index in [2.05, 4.69) is 39.9 Å². The van der Waals surface area contributed by atoms with Crippen LogP contribution in [0, 0.1) is 12.3 Å². The van der Waals surface area contributed by atoms with E-state index in [1.165, 1.54) is 41.3 Å². The summed E-state index contributed by atoms with van der Waals surface area (Å²) in [7, 11) is 0. The van der Waals surface area contributed by atoms with E-state index in [4.69, 9.17) is 4.98 Å². The van der Waals surface area contributed by atoms with Crippen LogP contribution in [0.15, 0.2) is 0 Å². The fourth-order valence-electron chi connectivity index (χ4n) is 3.28. The quantitative estimate of drug-likeness (QED) is 0.863. The second-order valence-electron chi connectivity index (χ2n) is 6.73. The molecule has 19 heavy (non-hydrogen) atoms. The molecule has 0 spiro atoms. The minimum Gasteiger partial charge on any atom is -0.305 e. The highest BCUT2D eigenvalue weighted by atomic mass is 32.1. The van der Waals surface area contributed by atoms with Crippen LogP contribution in [0.2, 0.25) is 0 Å². The molecule has 1 fully saturated rings. The lowest BCUT2D eigenvalue weighted by Gasteiger charge is -2.30. The Balaban J connectivity index is 2.32. The minimum atomic E-state index is 0.141. The zero-order chi connectivity index (χ0) is 14.1. The van der Waals surface area contributed by atoms with Crippen molar-refractivity contribution in [3.05, 3.63) is 15.6 Å². The summed E-state index contributed by atoms with van der Waals surface area (Å²) in [6, 6.07) is 0. The van der Waals surface area contributed by atoms with Gasteiger partial charge in [-0.3, -0.25) is 0 Å². The molecule has 2 nitrogen and oxygen atoms in total. The van der Waals surface area contributed by atoms with Crippen molar-refractivity contribution in [3.63, 3.8) is 0 Å². The van der Waals surface area contributed by atoms with Crippen molar-refractivity contribution in [1.82, 2.24) is 10.3 Å². The van der Waals surface area contributed by atoms with Gasteiger partial charge in [-0.2, -0.15) is 0 Å². The molecular weight excluding hydrogens is 252 g/mol. The zero-order valence-corrected chi connectivity index (χ0v) is 13.9. The van der Waals surface area contributed by atoms with E-state index in [0.717, 1.165) is 13.0 Å². The molecule has 1 aromatic heterocycles. The van der Waals surface area contributed by atoms with Crippen LogP contribution in [0.5, 0.6) is 0 Å². The average Bonchev–Trinajstić information content (AvgIpc) is 2.88. The fourth-order valence-corrected chi connectivity index (χ4v) is 4.47. The standard InChI is InChI=1S/C16H28N2S/c1-6-10-17-16(9-8-15(4,5)11-16)14-18-13(7-2)12(3)19-14/h17H,6-11H2,1-5H3. The van der Waals surface area contributed by atoms with Crippen molar-refractivity contribution in [2.24, 2.45) is 5.41 Å². The Morgan fingerprint density at radius 2 is 2.00 bits per heavy atom. The third-order valence-corrected chi connectivity index (χ3v) is 5.58. The van der Waals surface area contributed by atoms with Crippen LogP contribution in [-0.2, 0) is 12.0 Å². The molecule has 1 aromatic rings. The molecule has 1 aliphatic carbocycles. The van der Waals surface area contributed by atoms with Crippen LogP contribution in [-0.4, -0.2) is 11.5 Å². The van der Waals surface area contributed by atoms with E-state index in [0.29, 0.717) is 5.41 Å². The molecule has 3 heteroatoms. The minimum absolute atomic E-state index is 0.141. The van der Waals surface area contributed by atoms with E-state index < -0.39 is 0 Å². The first-order valence-corrected chi connectivity index (χ1v) is 8.46. The lowest BCUT2D eigenvalue weighted by molar-refractivity contribution is 0.288. The van der Waals surface area contributed by atoms with Crippen molar-refractivity contribution in [3.8, 4) is 0 Å². The van der Waals surface area contributed by atoms with E-state index in [1.807, 2.05) is 11.3 Å². The average molecular weight is 280 g/mol. The van der Waals surface area contributed by atoms with Gasteiger partial charge in [0, 0.05) is 4.88 Å². The Morgan fingerprint density at radius 1 is 1.26 bits per heavy atom. The number of thiazole rings is 1. The summed E-state index contributed by atoms with van der Waals surface area (Å²) in [4.78, 5) is 6.36. The molecule has 1 atom stereocenters. The number of nitrogens with one attached hydrogen (secondary N) is 1. The van der Waals surface area contributed by atoms with Gasteiger partial charge in [0.2, 0.25) is 0 Å². The molecule has 0 saturated heterocycles. The summed E-state index contributed by atoms with van der Waals surface area (Å²) >= 11 is 1.91. The molecule has 0 amide bonds. The number of hydrogen-bond donors (Lipinski definition) is 1. The molecule has 1 saturated carbocycles. The first kappa shape index (κ1) is 15.0. The predicted molar refractivity (Wildman–Crippen MR) is 83.8 cm³/mol. The van der Waals surface area contributed by atoms with Gasteiger partial charge < -0.3 is 5.32 Å². The van der Waals surface area contributed by atoms with E-state index in [-0.39, 0.29) is 5.54 Å². The largest absolute Gasteiger partial charge is 0.305 e. The molecule has 2 rings (SSSR count).